The van der Waals surface area contributed by atoms with Crippen molar-refractivity contribution >= 4 is 11.7 Å². The topological polar surface area (TPSA) is 78.1 Å². The van der Waals surface area contributed by atoms with Gasteiger partial charge in [0.1, 0.15) is 29.6 Å². The summed E-state index contributed by atoms with van der Waals surface area (Å²) in [7, 11) is 4.71. The summed E-state index contributed by atoms with van der Waals surface area (Å²) in [5.74, 6) is 2.66. The van der Waals surface area contributed by atoms with Crippen LogP contribution in [0.5, 0.6) is 23.0 Å². The minimum Gasteiger partial charge on any atom is -0.497 e. The Balaban J connectivity index is 1.76. The number of carbonyl (C=O) groups is 1. The number of hydrogen-bond donors (Lipinski definition) is 2. The highest BCUT2D eigenvalue weighted by molar-refractivity contribution is 5.89. The minimum atomic E-state index is -0.339. The molecule has 0 fully saturated rings. The summed E-state index contributed by atoms with van der Waals surface area (Å²) in [5.41, 5.74) is 0.574. The van der Waals surface area contributed by atoms with Gasteiger partial charge in [-0.05, 0) is 24.3 Å². The number of rotatable bonds is 8. The number of anilines is 1. The van der Waals surface area contributed by atoms with E-state index in [9.17, 15) is 4.79 Å². The largest absolute Gasteiger partial charge is 0.497 e. The normalized spacial score (nSPS) is 9.88. The van der Waals surface area contributed by atoms with Crippen molar-refractivity contribution in [2.75, 3.05) is 39.8 Å². The number of hydrogen-bond acceptors (Lipinski definition) is 5. The zero-order valence-corrected chi connectivity index (χ0v) is 14.5. The summed E-state index contributed by atoms with van der Waals surface area (Å²) in [5, 5.41) is 5.44. The Morgan fingerprint density at radius 2 is 1.40 bits per heavy atom. The molecule has 2 aromatic carbocycles. The van der Waals surface area contributed by atoms with E-state index < -0.39 is 0 Å². The van der Waals surface area contributed by atoms with E-state index in [-0.39, 0.29) is 6.03 Å². The first-order chi connectivity index (χ1) is 12.1. The Kier molecular flexibility index (Phi) is 6.76. The van der Waals surface area contributed by atoms with Crippen molar-refractivity contribution in [1.29, 1.82) is 0 Å². The third-order valence-corrected chi connectivity index (χ3v) is 3.33. The van der Waals surface area contributed by atoms with Crippen LogP contribution in [0.3, 0.4) is 0 Å². The Bertz CT molecular complexity index is 666. The molecule has 2 rings (SSSR count). The first-order valence-electron chi connectivity index (χ1n) is 7.69. The summed E-state index contributed by atoms with van der Waals surface area (Å²) >= 11 is 0. The van der Waals surface area contributed by atoms with Crippen LogP contribution in [0.4, 0.5) is 10.5 Å². The summed E-state index contributed by atoms with van der Waals surface area (Å²) in [4.78, 5) is 11.9. The molecule has 2 amide bonds. The van der Waals surface area contributed by atoms with E-state index in [1.807, 2.05) is 12.1 Å². The van der Waals surface area contributed by atoms with Gasteiger partial charge in [-0.2, -0.15) is 0 Å². The van der Waals surface area contributed by atoms with Crippen LogP contribution in [-0.4, -0.2) is 40.5 Å². The van der Waals surface area contributed by atoms with Gasteiger partial charge in [0, 0.05) is 23.9 Å². The molecule has 0 bridgehead atoms. The van der Waals surface area contributed by atoms with Crippen LogP contribution in [0.2, 0.25) is 0 Å². The quantitative estimate of drug-likeness (QED) is 0.719. The molecule has 0 spiro atoms. The SMILES string of the molecule is COc1ccc(OCCNC(=O)Nc2cc(OC)cc(OC)c2)cc1. The fourth-order valence-electron chi connectivity index (χ4n) is 2.06. The van der Waals surface area contributed by atoms with Crippen molar-refractivity contribution < 1.29 is 23.7 Å². The van der Waals surface area contributed by atoms with Crippen molar-refractivity contribution in [3.63, 3.8) is 0 Å². The average Bonchev–Trinajstić information content (AvgIpc) is 2.65. The van der Waals surface area contributed by atoms with E-state index in [0.717, 1.165) is 5.75 Å². The van der Waals surface area contributed by atoms with Crippen LogP contribution in [0.25, 0.3) is 0 Å². The molecule has 2 N–H and O–H groups in total. The summed E-state index contributed by atoms with van der Waals surface area (Å²) < 4.78 is 20.9. The highest BCUT2D eigenvalue weighted by Gasteiger charge is 2.06. The zero-order chi connectivity index (χ0) is 18.1. The predicted molar refractivity (Wildman–Crippen MR) is 95.1 cm³/mol. The fraction of sp³-hybridized carbons (Fsp3) is 0.278. The van der Waals surface area contributed by atoms with Gasteiger partial charge in [-0.3, -0.25) is 0 Å². The lowest BCUT2D eigenvalue weighted by atomic mass is 10.3. The smallest absolute Gasteiger partial charge is 0.319 e. The Labute approximate surface area is 146 Å². The maximum Gasteiger partial charge on any atom is 0.319 e. The second-order valence-electron chi connectivity index (χ2n) is 5.01. The number of carbonyl (C=O) groups excluding carboxylic acids is 1. The van der Waals surface area contributed by atoms with Crippen LogP contribution < -0.4 is 29.6 Å². The molecule has 7 heteroatoms. The molecule has 134 valence electrons. The second-order valence-corrected chi connectivity index (χ2v) is 5.01. The lowest BCUT2D eigenvalue weighted by Crippen LogP contribution is -2.32. The highest BCUT2D eigenvalue weighted by atomic mass is 16.5. The average molecular weight is 346 g/mol. The molecular formula is C18H22N2O5. The number of amides is 2. The first kappa shape index (κ1) is 18.3. The van der Waals surface area contributed by atoms with Crippen molar-refractivity contribution in [2.45, 2.75) is 0 Å². The maximum atomic E-state index is 11.9. The van der Waals surface area contributed by atoms with Gasteiger partial charge in [-0.25, -0.2) is 4.79 Å². The third-order valence-electron chi connectivity index (χ3n) is 3.33. The van der Waals surface area contributed by atoms with Gasteiger partial charge < -0.3 is 29.6 Å². The molecule has 0 unspecified atom stereocenters. The molecule has 0 atom stereocenters. The summed E-state index contributed by atoms with van der Waals surface area (Å²) in [6.45, 7) is 0.708. The molecular weight excluding hydrogens is 324 g/mol. The monoisotopic (exact) mass is 346 g/mol. The zero-order valence-electron chi connectivity index (χ0n) is 14.5. The van der Waals surface area contributed by atoms with Gasteiger partial charge in [-0.1, -0.05) is 0 Å². The van der Waals surface area contributed by atoms with E-state index in [1.54, 1.807) is 51.7 Å². The minimum absolute atomic E-state index is 0.339. The fourth-order valence-corrected chi connectivity index (χ4v) is 2.06. The first-order valence-corrected chi connectivity index (χ1v) is 7.69. The van der Waals surface area contributed by atoms with E-state index in [1.165, 1.54) is 0 Å². The molecule has 0 aliphatic rings. The van der Waals surface area contributed by atoms with E-state index in [4.69, 9.17) is 18.9 Å². The van der Waals surface area contributed by atoms with E-state index >= 15 is 0 Å². The highest BCUT2D eigenvalue weighted by Crippen LogP contribution is 2.25. The predicted octanol–water partition coefficient (Wildman–Crippen LogP) is 2.91. The number of urea groups is 1. The Hall–Kier alpha value is -3.09. The van der Waals surface area contributed by atoms with Crippen molar-refractivity contribution in [2.24, 2.45) is 0 Å². The molecule has 0 saturated carbocycles. The maximum absolute atomic E-state index is 11.9. The molecule has 0 aliphatic carbocycles. The molecule has 7 nitrogen and oxygen atoms in total. The van der Waals surface area contributed by atoms with E-state index in [0.29, 0.717) is 36.1 Å². The number of nitrogens with one attached hydrogen (secondary N) is 2. The number of benzene rings is 2. The van der Waals surface area contributed by atoms with Crippen molar-refractivity contribution in [3.05, 3.63) is 42.5 Å². The van der Waals surface area contributed by atoms with Crippen LogP contribution in [-0.2, 0) is 0 Å². The number of ether oxygens (including phenoxy) is 4. The van der Waals surface area contributed by atoms with Crippen molar-refractivity contribution in [1.82, 2.24) is 5.32 Å². The van der Waals surface area contributed by atoms with Crippen LogP contribution in [0.15, 0.2) is 42.5 Å². The molecule has 0 aliphatic heterocycles. The van der Waals surface area contributed by atoms with Gasteiger partial charge in [0.15, 0.2) is 0 Å². The molecule has 0 heterocycles. The van der Waals surface area contributed by atoms with Crippen LogP contribution in [0, 0.1) is 0 Å². The molecule has 2 aromatic rings. The van der Waals surface area contributed by atoms with Gasteiger partial charge >= 0.3 is 6.03 Å². The molecule has 0 radical (unpaired) electrons. The van der Waals surface area contributed by atoms with E-state index in [2.05, 4.69) is 10.6 Å². The molecule has 0 aromatic heterocycles. The Morgan fingerprint density at radius 1 is 0.840 bits per heavy atom. The molecule has 25 heavy (non-hydrogen) atoms. The van der Waals surface area contributed by atoms with Gasteiger partial charge in [-0.15, -0.1) is 0 Å². The van der Waals surface area contributed by atoms with Crippen molar-refractivity contribution in [3.8, 4) is 23.0 Å². The third kappa shape index (κ3) is 5.80. The molecule has 0 saturated heterocycles. The van der Waals surface area contributed by atoms with Gasteiger partial charge in [0.25, 0.3) is 0 Å². The summed E-state index contributed by atoms with van der Waals surface area (Å²) in [6, 6.07) is 12.0. The van der Waals surface area contributed by atoms with Crippen LogP contribution >= 0.6 is 0 Å². The van der Waals surface area contributed by atoms with Gasteiger partial charge in [0.2, 0.25) is 0 Å². The standard InChI is InChI=1S/C18H22N2O5/c1-22-14-4-6-15(7-5-14)25-9-8-19-18(21)20-13-10-16(23-2)12-17(11-13)24-3/h4-7,10-12H,8-9H2,1-3H3,(H2,19,20,21). The van der Waals surface area contributed by atoms with Gasteiger partial charge in [0.05, 0.1) is 27.9 Å². The lowest BCUT2D eigenvalue weighted by molar-refractivity contribution is 0.247. The summed E-state index contributed by atoms with van der Waals surface area (Å²) in [6.07, 6.45) is 0. The lowest BCUT2D eigenvalue weighted by Gasteiger charge is -2.11. The number of methoxy groups -OCH3 is 3. The second kappa shape index (κ2) is 9.27. The van der Waals surface area contributed by atoms with Crippen LogP contribution in [0.1, 0.15) is 0 Å². The Morgan fingerprint density at radius 3 is 1.96 bits per heavy atom.